The van der Waals surface area contributed by atoms with Crippen LogP contribution in [0.15, 0.2) is 24.4 Å². The molecule has 0 saturated carbocycles. The topological polar surface area (TPSA) is 47.7 Å². The summed E-state index contributed by atoms with van der Waals surface area (Å²) in [5, 5.41) is 13.5. The Hall–Kier alpha value is -1.85. The summed E-state index contributed by atoms with van der Waals surface area (Å²) in [6.45, 7) is 3.45. The zero-order valence-electron chi connectivity index (χ0n) is 12.4. The van der Waals surface area contributed by atoms with Crippen molar-refractivity contribution in [1.82, 2.24) is 24.6 Å². The molecule has 0 amide bonds. The third kappa shape index (κ3) is 2.54. The molecular weight excluding hydrogens is 286 g/mol. The van der Waals surface area contributed by atoms with Crippen LogP contribution in [0.2, 0.25) is 5.02 Å². The van der Waals surface area contributed by atoms with E-state index in [9.17, 15) is 0 Å². The lowest BCUT2D eigenvalue weighted by molar-refractivity contribution is 0.704. The second kappa shape index (κ2) is 5.50. The molecule has 3 rings (SSSR count). The van der Waals surface area contributed by atoms with Crippen LogP contribution in [0.1, 0.15) is 17.2 Å². The van der Waals surface area contributed by atoms with Crippen molar-refractivity contribution < 1.29 is 0 Å². The summed E-state index contributed by atoms with van der Waals surface area (Å²) in [5.74, 6) is 1.84. The lowest BCUT2D eigenvalue weighted by Gasteiger charge is -2.05. The van der Waals surface area contributed by atoms with Gasteiger partial charge in [-0.1, -0.05) is 17.7 Å². The summed E-state index contributed by atoms with van der Waals surface area (Å²) in [4.78, 5) is 0. The quantitative estimate of drug-likeness (QED) is 0.805. The number of aromatic nitrogens is 4. The molecule has 110 valence electrons. The first-order valence-electron chi connectivity index (χ1n) is 6.87. The highest BCUT2D eigenvalue weighted by molar-refractivity contribution is 6.31. The number of nitrogens with one attached hydrogen (secondary N) is 1. The first-order valence-corrected chi connectivity index (χ1v) is 7.24. The van der Waals surface area contributed by atoms with Crippen LogP contribution in [0, 0.1) is 6.92 Å². The van der Waals surface area contributed by atoms with Gasteiger partial charge in [0.05, 0.1) is 12.1 Å². The molecule has 2 aromatic heterocycles. The number of hydrogen-bond donors (Lipinski definition) is 1. The smallest absolute Gasteiger partial charge is 0.152 e. The van der Waals surface area contributed by atoms with Crippen molar-refractivity contribution in [3.8, 4) is 0 Å². The second-order valence-electron chi connectivity index (χ2n) is 5.20. The van der Waals surface area contributed by atoms with E-state index in [1.807, 2.05) is 37.7 Å². The van der Waals surface area contributed by atoms with Crippen molar-refractivity contribution in [2.24, 2.45) is 7.05 Å². The minimum Gasteiger partial charge on any atom is -0.339 e. The fourth-order valence-corrected chi connectivity index (χ4v) is 2.71. The number of fused-ring (bicyclic) bond motifs is 1. The van der Waals surface area contributed by atoms with Crippen LogP contribution in [-0.2, 0) is 20.1 Å². The average Bonchev–Trinajstić information content (AvgIpc) is 2.95. The highest BCUT2D eigenvalue weighted by Crippen LogP contribution is 2.25. The fraction of sp³-hybridized carbons (Fsp3) is 0.333. The van der Waals surface area contributed by atoms with E-state index in [2.05, 4.69) is 32.3 Å². The van der Waals surface area contributed by atoms with E-state index < -0.39 is 0 Å². The Morgan fingerprint density at radius 3 is 2.76 bits per heavy atom. The highest BCUT2D eigenvalue weighted by atomic mass is 35.5. The monoisotopic (exact) mass is 303 g/mol. The lowest BCUT2D eigenvalue weighted by Crippen LogP contribution is -2.06. The Bertz CT molecular complexity index is 787. The largest absolute Gasteiger partial charge is 0.339 e. The molecule has 5 nitrogen and oxygen atoms in total. The summed E-state index contributed by atoms with van der Waals surface area (Å²) in [6, 6.07) is 6.00. The standard InChI is InChI=1S/C15H18ClN5/c1-10-18-19-15(20(10)3)9-21-8-11(7-17-2)13-5-4-12(16)6-14(13)21/h4-6,8,17H,7,9H2,1-3H3. The van der Waals surface area contributed by atoms with E-state index in [1.54, 1.807) is 0 Å². The minimum atomic E-state index is 0.678. The summed E-state index contributed by atoms with van der Waals surface area (Å²) >= 11 is 6.15. The van der Waals surface area contributed by atoms with E-state index in [-0.39, 0.29) is 0 Å². The van der Waals surface area contributed by atoms with Crippen molar-refractivity contribution in [1.29, 1.82) is 0 Å². The zero-order valence-corrected chi connectivity index (χ0v) is 13.1. The van der Waals surface area contributed by atoms with Gasteiger partial charge in [0.1, 0.15) is 5.82 Å². The Morgan fingerprint density at radius 1 is 1.29 bits per heavy atom. The number of aryl methyl sites for hydroxylation is 1. The maximum absolute atomic E-state index is 6.15. The van der Waals surface area contributed by atoms with Crippen LogP contribution in [0.25, 0.3) is 10.9 Å². The predicted octanol–water partition coefficient (Wildman–Crippen LogP) is 2.50. The summed E-state index contributed by atoms with van der Waals surface area (Å²) in [5.41, 5.74) is 2.37. The van der Waals surface area contributed by atoms with Gasteiger partial charge in [-0.15, -0.1) is 10.2 Å². The zero-order chi connectivity index (χ0) is 15.0. The molecule has 0 spiro atoms. The van der Waals surface area contributed by atoms with Crippen LogP contribution < -0.4 is 5.32 Å². The van der Waals surface area contributed by atoms with Gasteiger partial charge in [0.25, 0.3) is 0 Å². The van der Waals surface area contributed by atoms with Crippen LogP contribution in [0.3, 0.4) is 0 Å². The molecule has 21 heavy (non-hydrogen) atoms. The molecule has 2 heterocycles. The highest BCUT2D eigenvalue weighted by Gasteiger charge is 2.12. The summed E-state index contributed by atoms with van der Waals surface area (Å²) in [7, 11) is 3.93. The number of halogens is 1. The number of hydrogen-bond acceptors (Lipinski definition) is 3. The molecular formula is C15H18ClN5. The maximum Gasteiger partial charge on any atom is 0.152 e. The number of nitrogens with zero attached hydrogens (tertiary/aromatic N) is 4. The molecule has 0 bridgehead atoms. The van der Waals surface area contributed by atoms with Gasteiger partial charge in [-0.3, -0.25) is 0 Å². The number of benzene rings is 1. The van der Waals surface area contributed by atoms with E-state index in [0.717, 1.165) is 28.7 Å². The van der Waals surface area contributed by atoms with Gasteiger partial charge in [-0.2, -0.15) is 0 Å². The fourth-order valence-electron chi connectivity index (χ4n) is 2.54. The Balaban J connectivity index is 2.09. The van der Waals surface area contributed by atoms with Crippen molar-refractivity contribution in [2.75, 3.05) is 7.05 Å². The predicted molar refractivity (Wildman–Crippen MR) is 84.6 cm³/mol. The molecule has 0 aliphatic heterocycles. The normalized spacial score (nSPS) is 11.4. The maximum atomic E-state index is 6.15. The van der Waals surface area contributed by atoms with Crippen molar-refractivity contribution in [2.45, 2.75) is 20.0 Å². The molecule has 3 aromatic rings. The van der Waals surface area contributed by atoms with Crippen LogP contribution >= 0.6 is 11.6 Å². The summed E-state index contributed by atoms with van der Waals surface area (Å²) < 4.78 is 4.19. The van der Waals surface area contributed by atoms with Crippen molar-refractivity contribution in [3.05, 3.63) is 46.6 Å². The first kappa shape index (κ1) is 14.1. The molecule has 6 heteroatoms. The van der Waals surface area contributed by atoms with Gasteiger partial charge in [0.2, 0.25) is 0 Å². The van der Waals surface area contributed by atoms with E-state index in [4.69, 9.17) is 11.6 Å². The third-order valence-electron chi connectivity index (χ3n) is 3.79. The van der Waals surface area contributed by atoms with Crippen LogP contribution in [-0.4, -0.2) is 26.4 Å². The Kier molecular flexibility index (Phi) is 3.69. The second-order valence-corrected chi connectivity index (χ2v) is 5.63. The van der Waals surface area contributed by atoms with E-state index in [1.165, 1.54) is 10.9 Å². The van der Waals surface area contributed by atoms with E-state index >= 15 is 0 Å². The molecule has 0 atom stereocenters. The molecule has 0 aliphatic carbocycles. The van der Waals surface area contributed by atoms with E-state index in [0.29, 0.717) is 6.54 Å². The van der Waals surface area contributed by atoms with Crippen LogP contribution in [0.4, 0.5) is 0 Å². The van der Waals surface area contributed by atoms with Gasteiger partial charge in [-0.25, -0.2) is 0 Å². The van der Waals surface area contributed by atoms with Crippen molar-refractivity contribution in [3.63, 3.8) is 0 Å². The molecule has 1 aromatic carbocycles. The van der Waals surface area contributed by atoms with Gasteiger partial charge >= 0.3 is 0 Å². The molecule has 1 N–H and O–H groups in total. The molecule has 0 saturated heterocycles. The first-order chi connectivity index (χ1) is 10.1. The third-order valence-corrected chi connectivity index (χ3v) is 4.02. The van der Waals surface area contributed by atoms with Crippen molar-refractivity contribution >= 4 is 22.5 Å². The molecule has 0 aliphatic rings. The number of rotatable bonds is 4. The van der Waals surface area contributed by atoms with Gasteiger partial charge in [-0.05, 0) is 31.7 Å². The van der Waals surface area contributed by atoms with Gasteiger partial charge in [0.15, 0.2) is 5.82 Å². The SMILES string of the molecule is CNCc1cn(Cc2nnc(C)n2C)c2cc(Cl)ccc12. The van der Waals surface area contributed by atoms with Gasteiger partial charge in [0, 0.05) is 30.2 Å². The molecule has 0 fully saturated rings. The minimum absolute atomic E-state index is 0.678. The molecule has 0 unspecified atom stereocenters. The summed E-state index contributed by atoms with van der Waals surface area (Å²) in [6.07, 6.45) is 2.15. The van der Waals surface area contributed by atoms with Gasteiger partial charge < -0.3 is 14.5 Å². The Morgan fingerprint density at radius 2 is 2.10 bits per heavy atom. The van der Waals surface area contributed by atoms with Crippen LogP contribution in [0.5, 0.6) is 0 Å². The average molecular weight is 304 g/mol. The molecule has 0 radical (unpaired) electrons. The lowest BCUT2D eigenvalue weighted by atomic mass is 10.2. The Labute approximate surface area is 128 Å².